The Kier molecular flexibility index (Phi) is 6.99. The molecule has 0 spiro atoms. The topological polar surface area (TPSA) is 17.8 Å². The molecule has 2 nitrogen and oxygen atoms in total. The molecule has 0 bridgehead atoms. The van der Waals surface area contributed by atoms with Crippen LogP contribution in [0.1, 0.15) is 123 Å². The summed E-state index contributed by atoms with van der Waals surface area (Å²) < 4.78 is 7.84. The minimum atomic E-state index is 0.288. The highest BCUT2D eigenvalue weighted by Crippen LogP contribution is 2.52. The van der Waals surface area contributed by atoms with Crippen LogP contribution in [0.3, 0.4) is 0 Å². The number of hydrogen-bond acceptors (Lipinski definition) is 1. The summed E-state index contributed by atoms with van der Waals surface area (Å²) in [6.07, 6.45) is 12.6. The lowest BCUT2D eigenvalue weighted by atomic mass is 9.82. The number of nitrogens with zero attached hydrogens (tertiary/aromatic N) is 2. The van der Waals surface area contributed by atoms with Crippen LogP contribution in [-0.4, -0.2) is 9.08 Å². The van der Waals surface area contributed by atoms with Crippen LogP contribution in [0, 0.1) is 6.92 Å². The maximum Gasteiger partial charge on any atom is 0.133 e. The van der Waals surface area contributed by atoms with E-state index in [-0.39, 0.29) is 6.04 Å². The molecule has 0 amide bonds. The molecule has 1 unspecified atom stereocenters. The van der Waals surface area contributed by atoms with Gasteiger partial charge < -0.3 is 0 Å². The summed E-state index contributed by atoms with van der Waals surface area (Å²) >= 11 is 0. The molecule has 34 heavy (non-hydrogen) atoms. The third-order valence-electron chi connectivity index (χ3n) is 8.65. The Labute approximate surface area is 208 Å². The van der Waals surface area contributed by atoms with Crippen LogP contribution in [0.4, 0.5) is 0 Å². The minimum absolute atomic E-state index is 0.288. The van der Waals surface area contributed by atoms with Crippen molar-refractivity contribution >= 4 is 8.51 Å². The van der Waals surface area contributed by atoms with E-state index in [0.29, 0.717) is 5.92 Å². The van der Waals surface area contributed by atoms with E-state index in [1.165, 1.54) is 61.0 Å². The van der Waals surface area contributed by atoms with Gasteiger partial charge in [0.2, 0.25) is 0 Å². The molecule has 2 aromatic carbocycles. The summed E-state index contributed by atoms with van der Waals surface area (Å²) in [6, 6.07) is 9.54. The fourth-order valence-corrected chi connectivity index (χ4v) is 8.23. The summed E-state index contributed by atoms with van der Waals surface area (Å²) in [7, 11) is 1.12. The van der Waals surface area contributed by atoms with Gasteiger partial charge in [0.1, 0.15) is 8.51 Å². The predicted octanol–water partition coefficient (Wildman–Crippen LogP) is 9.08. The molecular weight excluding hydrogens is 431 g/mol. The Hall–Kier alpha value is -1.92. The van der Waals surface area contributed by atoms with Crippen LogP contribution in [-0.2, 0) is 25.7 Å². The van der Waals surface area contributed by atoms with Crippen LogP contribution in [0.25, 0.3) is 11.1 Å². The van der Waals surface area contributed by atoms with Crippen molar-refractivity contribution in [3.05, 3.63) is 69.0 Å². The molecule has 3 aromatic rings. The van der Waals surface area contributed by atoms with E-state index in [1.54, 1.807) is 33.4 Å². The molecule has 2 aliphatic carbocycles. The van der Waals surface area contributed by atoms with E-state index in [2.05, 4.69) is 63.2 Å². The van der Waals surface area contributed by atoms with E-state index in [9.17, 15) is 0 Å². The second-order valence-electron chi connectivity index (χ2n) is 10.3. The largest absolute Gasteiger partial charge is 0.299 e. The van der Waals surface area contributed by atoms with Crippen LogP contribution in [0.15, 0.2) is 24.3 Å². The second kappa shape index (κ2) is 9.98. The first-order valence-corrected chi connectivity index (χ1v) is 14.7. The molecule has 180 valence electrons. The molecule has 0 aliphatic heterocycles. The van der Waals surface area contributed by atoms with Gasteiger partial charge in [-0.15, -0.1) is 0 Å². The summed E-state index contributed by atoms with van der Waals surface area (Å²) in [4.78, 5) is 0. The van der Waals surface area contributed by atoms with Gasteiger partial charge in [0.05, 0.1) is 11.7 Å². The van der Waals surface area contributed by atoms with Gasteiger partial charge in [0.25, 0.3) is 0 Å². The lowest BCUT2D eigenvalue weighted by Gasteiger charge is -2.26. The Bertz CT molecular complexity index is 1180. The zero-order valence-corrected chi connectivity index (χ0v) is 22.8. The Morgan fingerprint density at radius 2 is 1.44 bits per heavy atom. The quantitative estimate of drug-likeness (QED) is 0.256. The first-order chi connectivity index (χ1) is 16.7. The Morgan fingerprint density at radius 3 is 2.09 bits per heavy atom. The fraction of sp³-hybridized carbons (Fsp3) is 0.548. The molecule has 2 aliphatic rings. The molecule has 0 saturated heterocycles. The Balaban J connectivity index is 1.76. The number of rotatable bonds is 6. The van der Waals surface area contributed by atoms with E-state index in [1.807, 2.05) is 0 Å². The Morgan fingerprint density at radius 1 is 0.824 bits per heavy atom. The second-order valence-corrected chi connectivity index (χ2v) is 11.1. The summed E-state index contributed by atoms with van der Waals surface area (Å²) in [6.45, 7) is 11.8. The summed E-state index contributed by atoms with van der Waals surface area (Å²) in [5.41, 5.74) is 15.4. The molecule has 0 N–H and O–H groups in total. The van der Waals surface area contributed by atoms with Gasteiger partial charge in [-0.2, -0.15) is 0 Å². The van der Waals surface area contributed by atoms with Gasteiger partial charge in [-0.1, -0.05) is 77.6 Å². The van der Waals surface area contributed by atoms with Gasteiger partial charge in [0.15, 0.2) is 0 Å². The highest BCUT2D eigenvalue weighted by atomic mass is 31.1. The van der Waals surface area contributed by atoms with Gasteiger partial charge in [0, 0.05) is 11.6 Å². The van der Waals surface area contributed by atoms with Crippen LogP contribution < -0.4 is 0 Å². The normalized spacial score (nSPS) is 18.3. The standard InChI is InChI=1S/C31H41N2P/c1-6-22-23(7-2)25(9-4)29-28(24(22)8-3)26-18-14-15-19-27(26)31(29)33-20(5)30(32-34-33)21-16-12-10-11-13-17-21/h14-15,18-19,21,31H,6-13,16-17H2,1-5H3. The zero-order valence-electron chi connectivity index (χ0n) is 21.9. The monoisotopic (exact) mass is 472 g/mol. The molecule has 1 heterocycles. The SMILES string of the molecule is CCc1c(CC)c(CC)c2c(c1CC)-c1ccccc1C2n1pnc(C2CCCCCC2)c1C. The highest BCUT2D eigenvalue weighted by Gasteiger charge is 2.37. The van der Waals surface area contributed by atoms with Crippen molar-refractivity contribution in [2.24, 2.45) is 0 Å². The molecule has 1 saturated carbocycles. The lowest BCUT2D eigenvalue weighted by Crippen LogP contribution is -2.14. The molecule has 1 aromatic heterocycles. The van der Waals surface area contributed by atoms with Gasteiger partial charge in [-0.3, -0.25) is 4.33 Å². The number of hydrogen-bond donors (Lipinski definition) is 0. The van der Waals surface area contributed by atoms with E-state index < -0.39 is 0 Å². The van der Waals surface area contributed by atoms with E-state index in [0.717, 1.165) is 34.2 Å². The van der Waals surface area contributed by atoms with E-state index in [4.69, 9.17) is 4.75 Å². The lowest BCUT2D eigenvalue weighted by molar-refractivity contribution is 0.573. The third-order valence-corrected chi connectivity index (χ3v) is 9.68. The average molecular weight is 473 g/mol. The van der Waals surface area contributed by atoms with E-state index >= 15 is 0 Å². The van der Waals surface area contributed by atoms with Gasteiger partial charge >= 0.3 is 0 Å². The van der Waals surface area contributed by atoms with Crippen LogP contribution >= 0.6 is 8.51 Å². The van der Waals surface area contributed by atoms with Crippen molar-refractivity contribution in [1.29, 1.82) is 0 Å². The van der Waals surface area contributed by atoms with Crippen molar-refractivity contribution in [2.45, 2.75) is 111 Å². The zero-order chi connectivity index (χ0) is 23.8. The van der Waals surface area contributed by atoms with Crippen molar-refractivity contribution in [3.8, 4) is 11.1 Å². The molecule has 1 atom stereocenters. The van der Waals surface area contributed by atoms with Gasteiger partial charge in [-0.25, -0.2) is 4.75 Å². The smallest absolute Gasteiger partial charge is 0.133 e. The molecule has 5 rings (SSSR count). The number of fused-ring (bicyclic) bond motifs is 3. The highest BCUT2D eigenvalue weighted by molar-refractivity contribution is 7.21. The first kappa shape index (κ1) is 23.8. The van der Waals surface area contributed by atoms with Crippen molar-refractivity contribution in [3.63, 3.8) is 0 Å². The molecule has 3 heteroatoms. The minimum Gasteiger partial charge on any atom is -0.299 e. The van der Waals surface area contributed by atoms with Crippen LogP contribution in [0.2, 0.25) is 0 Å². The maximum atomic E-state index is 5.21. The summed E-state index contributed by atoms with van der Waals surface area (Å²) in [5, 5.41) is 0. The number of aromatic nitrogens is 2. The predicted molar refractivity (Wildman–Crippen MR) is 147 cm³/mol. The van der Waals surface area contributed by atoms with Gasteiger partial charge in [-0.05, 0) is 90.0 Å². The average Bonchev–Trinajstić information content (AvgIpc) is 3.26. The third kappa shape index (κ3) is 3.69. The molecule has 1 fully saturated rings. The van der Waals surface area contributed by atoms with Crippen molar-refractivity contribution < 1.29 is 0 Å². The van der Waals surface area contributed by atoms with Crippen molar-refractivity contribution in [1.82, 2.24) is 9.08 Å². The maximum absolute atomic E-state index is 5.21. The molecular formula is C31H41N2P. The molecule has 0 radical (unpaired) electrons. The summed E-state index contributed by atoms with van der Waals surface area (Å²) in [5.74, 6) is 0.654. The fourth-order valence-electron chi connectivity index (χ4n) is 7.15. The van der Waals surface area contributed by atoms with Crippen molar-refractivity contribution in [2.75, 3.05) is 0 Å². The first-order valence-electron chi connectivity index (χ1n) is 13.9. The number of benzene rings is 2. The van der Waals surface area contributed by atoms with Crippen LogP contribution in [0.5, 0.6) is 0 Å².